The van der Waals surface area contributed by atoms with E-state index in [2.05, 4.69) is 15.3 Å². The van der Waals surface area contributed by atoms with Crippen LogP contribution in [0.5, 0.6) is 0 Å². The molecule has 1 heterocycles. The van der Waals surface area contributed by atoms with Crippen LogP contribution < -0.4 is 10.9 Å². The van der Waals surface area contributed by atoms with Crippen molar-refractivity contribution in [3.05, 3.63) is 51.5 Å². The van der Waals surface area contributed by atoms with Crippen LogP contribution >= 0.6 is 23.2 Å². The van der Waals surface area contributed by atoms with E-state index in [0.717, 1.165) is 11.3 Å². The summed E-state index contributed by atoms with van der Waals surface area (Å²) in [4.78, 5) is 17.7. The number of H-pyrrole nitrogens is 1. The molecule has 94 valence electrons. The van der Waals surface area contributed by atoms with Gasteiger partial charge in [0, 0.05) is 5.69 Å². The lowest BCUT2D eigenvalue weighted by Crippen LogP contribution is -2.10. The van der Waals surface area contributed by atoms with Crippen LogP contribution in [0.2, 0.25) is 5.02 Å². The minimum Gasteiger partial charge on any atom is -0.338 e. The smallest absolute Gasteiger partial charge is 0.271 e. The zero-order valence-corrected chi connectivity index (χ0v) is 11.1. The molecule has 2 rings (SSSR count). The maximum atomic E-state index is 11.4. The number of hydrogen-bond acceptors (Lipinski definition) is 3. The summed E-state index contributed by atoms with van der Waals surface area (Å²) in [6.07, 6.45) is 1.29. The Balaban J connectivity index is 2.40. The Morgan fingerprint density at radius 1 is 1.39 bits per heavy atom. The Kier molecular flexibility index (Phi) is 3.89. The van der Waals surface area contributed by atoms with Crippen molar-refractivity contribution in [2.75, 3.05) is 5.32 Å². The van der Waals surface area contributed by atoms with Gasteiger partial charge in [0.2, 0.25) is 0 Å². The van der Waals surface area contributed by atoms with Crippen molar-refractivity contribution in [2.24, 2.45) is 0 Å². The molecule has 1 aromatic heterocycles. The Morgan fingerprint density at radius 2 is 2.11 bits per heavy atom. The SMILES string of the molecule is CC(Cl)c1ccccc1Nc1nc[nH]c(=O)c1Cl. The molecule has 1 aromatic carbocycles. The summed E-state index contributed by atoms with van der Waals surface area (Å²) in [5.74, 6) is 0.310. The maximum absolute atomic E-state index is 11.4. The fourth-order valence-corrected chi connectivity index (χ4v) is 1.90. The van der Waals surface area contributed by atoms with Crippen LogP contribution in [-0.4, -0.2) is 9.97 Å². The van der Waals surface area contributed by atoms with Gasteiger partial charge in [-0.3, -0.25) is 4.79 Å². The van der Waals surface area contributed by atoms with Gasteiger partial charge in [-0.15, -0.1) is 11.6 Å². The van der Waals surface area contributed by atoms with E-state index in [9.17, 15) is 4.79 Å². The Labute approximate surface area is 114 Å². The molecular weight excluding hydrogens is 273 g/mol. The number of aromatic nitrogens is 2. The van der Waals surface area contributed by atoms with E-state index in [1.807, 2.05) is 31.2 Å². The number of nitrogens with one attached hydrogen (secondary N) is 2. The largest absolute Gasteiger partial charge is 0.338 e. The molecule has 2 N–H and O–H groups in total. The van der Waals surface area contributed by atoms with E-state index in [4.69, 9.17) is 23.2 Å². The van der Waals surface area contributed by atoms with Crippen LogP contribution in [0.3, 0.4) is 0 Å². The standard InChI is InChI=1S/C12H11Cl2N3O/c1-7(13)8-4-2-3-5-9(8)17-11-10(14)12(18)16-6-15-11/h2-7H,1H3,(H2,15,16,17,18). The van der Waals surface area contributed by atoms with Crippen molar-refractivity contribution in [2.45, 2.75) is 12.3 Å². The molecule has 0 saturated carbocycles. The van der Waals surface area contributed by atoms with Gasteiger partial charge in [-0.2, -0.15) is 0 Å². The van der Waals surface area contributed by atoms with E-state index in [1.165, 1.54) is 6.33 Å². The summed E-state index contributed by atoms with van der Waals surface area (Å²) in [5, 5.41) is 2.88. The molecule has 0 amide bonds. The molecule has 2 aromatic rings. The highest BCUT2D eigenvalue weighted by Gasteiger charge is 2.11. The number of rotatable bonds is 3. The number of anilines is 2. The van der Waals surface area contributed by atoms with E-state index < -0.39 is 0 Å². The molecule has 0 spiro atoms. The van der Waals surface area contributed by atoms with Crippen LogP contribution in [0.1, 0.15) is 17.9 Å². The minimum absolute atomic E-state index is 0.0227. The number of aromatic amines is 1. The second-order valence-electron chi connectivity index (χ2n) is 3.72. The van der Waals surface area contributed by atoms with Gasteiger partial charge in [-0.1, -0.05) is 29.8 Å². The van der Waals surface area contributed by atoms with Gasteiger partial charge in [0.25, 0.3) is 5.56 Å². The summed E-state index contributed by atoms with van der Waals surface area (Å²) in [7, 11) is 0. The van der Waals surface area contributed by atoms with Crippen LogP contribution in [-0.2, 0) is 0 Å². The molecule has 0 aliphatic carbocycles. The van der Waals surface area contributed by atoms with Crippen molar-refractivity contribution in [1.82, 2.24) is 9.97 Å². The molecule has 6 heteroatoms. The molecule has 1 unspecified atom stereocenters. The van der Waals surface area contributed by atoms with Gasteiger partial charge in [0.15, 0.2) is 5.82 Å². The Hall–Kier alpha value is -1.52. The fraction of sp³-hybridized carbons (Fsp3) is 0.167. The Bertz CT molecular complexity index is 610. The topological polar surface area (TPSA) is 57.8 Å². The van der Waals surface area contributed by atoms with Gasteiger partial charge in [-0.25, -0.2) is 4.98 Å². The average Bonchev–Trinajstić information content (AvgIpc) is 2.35. The molecule has 18 heavy (non-hydrogen) atoms. The first kappa shape index (κ1) is 12.9. The zero-order chi connectivity index (χ0) is 13.1. The fourth-order valence-electron chi connectivity index (χ4n) is 1.56. The molecule has 0 saturated heterocycles. The summed E-state index contributed by atoms with van der Waals surface area (Å²) < 4.78 is 0. The summed E-state index contributed by atoms with van der Waals surface area (Å²) in [6, 6.07) is 7.52. The van der Waals surface area contributed by atoms with Crippen LogP contribution in [0.25, 0.3) is 0 Å². The maximum Gasteiger partial charge on any atom is 0.271 e. The van der Waals surface area contributed by atoms with Gasteiger partial charge >= 0.3 is 0 Å². The number of nitrogens with zero attached hydrogens (tertiary/aromatic N) is 1. The molecular formula is C12H11Cl2N3O. The third-order valence-electron chi connectivity index (χ3n) is 2.44. The molecule has 0 aliphatic rings. The molecule has 0 fully saturated rings. The molecule has 0 bridgehead atoms. The van der Waals surface area contributed by atoms with Crippen molar-refractivity contribution in [3.8, 4) is 0 Å². The lowest BCUT2D eigenvalue weighted by Gasteiger charge is -2.13. The third kappa shape index (κ3) is 2.66. The van der Waals surface area contributed by atoms with Crippen LogP contribution in [0.4, 0.5) is 11.5 Å². The number of benzene rings is 1. The van der Waals surface area contributed by atoms with Crippen LogP contribution in [0, 0.1) is 0 Å². The average molecular weight is 284 g/mol. The normalized spacial score (nSPS) is 12.2. The highest BCUT2D eigenvalue weighted by Crippen LogP contribution is 2.29. The predicted octanol–water partition coefficient (Wildman–Crippen LogP) is 3.47. The number of alkyl halides is 1. The first-order chi connectivity index (χ1) is 8.59. The predicted molar refractivity (Wildman–Crippen MR) is 73.9 cm³/mol. The van der Waals surface area contributed by atoms with Gasteiger partial charge < -0.3 is 10.3 Å². The monoisotopic (exact) mass is 283 g/mol. The first-order valence-electron chi connectivity index (χ1n) is 5.33. The van der Waals surface area contributed by atoms with Crippen molar-refractivity contribution in [3.63, 3.8) is 0 Å². The second kappa shape index (κ2) is 5.42. The van der Waals surface area contributed by atoms with E-state index in [0.29, 0.717) is 5.82 Å². The number of halogens is 2. The number of para-hydroxylation sites is 1. The van der Waals surface area contributed by atoms with E-state index in [1.54, 1.807) is 0 Å². The summed E-state index contributed by atoms with van der Waals surface area (Å²) in [5.41, 5.74) is 1.31. The van der Waals surface area contributed by atoms with Crippen LogP contribution in [0.15, 0.2) is 35.4 Å². The lowest BCUT2D eigenvalue weighted by atomic mass is 10.1. The molecule has 1 atom stereocenters. The van der Waals surface area contributed by atoms with E-state index in [-0.39, 0.29) is 16.0 Å². The van der Waals surface area contributed by atoms with Gasteiger partial charge in [-0.05, 0) is 18.6 Å². The van der Waals surface area contributed by atoms with Gasteiger partial charge in [0.05, 0.1) is 11.7 Å². The minimum atomic E-state index is -0.384. The van der Waals surface area contributed by atoms with Crippen molar-refractivity contribution >= 4 is 34.7 Å². The second-order valence-corrected chi connectivity index (χ2v) is 4.76. The van der Waals surface area contributed by atoms with E-state index >= 15 is 0 Å². The highest BCUT2D eigenvalue weighted by atomic mass is 35.5. The van der Waals surface area contributed by atoms with Crippen molar-refractivity contribution < 1.29 is 0 Å². The lowest BCUT2D eigenvalue weighted by molar-refractivity contribution is 1.08. The molecule has 0 radical (unpaired) electrons. The zero-order valence-electron chi connectivity index (χ0n) is 9.58. The Morgan fingerprint density at radius 3 is 2.83 bits per heavy atom. The highest BCUT2D eigenvalue weighted by molar-refractivity contribution is 6.32. The number of hydrogen-bond donors (Lipinski definition) is 2. The third-order valence-corrected chi connectivity index (χ3v) is 3.02. The molecule has 4 nitrogen and oxygen atoms in total. The summed E-state index contributed by atoms with van der Waals surface area (Å²) in [6.45, 7) is 1.87. The van der Waals surface area contributed by atoms with Crippen molar-refractivity contribution in [1.29, 1.82) is 0 Å². The quantitative estimate of drug-likeness (QED) is 0.848. The van der Waals surface area contributed by atoms with Gasteiger partial charge in [0.1, 0.15) is 5.02 Å². The molecule has 0 aliphatic heterocycles. The summed E-state index contributed by atoms with van der Waals surface area (Å²) >= 11 is 12.0. The first-order valence-corrected chi connectivity index (χ1v) is 6.14.